The van der Waals surface area contributed by atoms with Crippen LogP contribution in [-0.2, 0) is 22.0 Å². The maximum absolute atomic E-state index is 12.5. The number of nitrogens with zero attached hydrogens (tertiary/aromatic N) is 1. The third kappa shape index (κ3) is 7.51. The van der Waals surface area contributed by atoms with E-state index in [1.54, 1.807) is 30.3 Å². The van der Waals surface area contributed by atoms with E-state index < -0.39 is 10.0 Å². The Bertz CT molecular complexity index is 1270. The molecule has 192 valence electrons. The van der Waals surface area contributed by atoms with Crippen molar-refractivity contribution in [3.63, 3.8) is 0 Å². The molecule has 1 amide bonds. The fourth-order valence-electron chi connectivity index (χ4n) is 3.63. The predicted octanol–water partition coefficient (Wildman–Crippen LogP) is 5.48. The normalized spacial score (nSPS) is 11.7. The molecule has 3 aromatic rings. The molecular formula is C28H34N2O4S2. The number of carbonyl (C=O) groups excluding carboxylic acids is 1. The third-order valence-corrected chi connectivity index (χ3v) is 7.58. The van der Waals surface area contributed by atoms with E-state index in [0.29, 0.717) is 24.4 Å². The van der Waals surface area contributed by atoms with Crippen LogP contribution in [0.2, 0.25) is 0 Å². The maximum Gasteiger partial charge on any atom is 0.251 e. The predicted molar refractivity (Wildman–Crippen MR) is 149 cm³/mol. The minimum Gasteiger partial charge on any atom is -0.492 e. The van der Waals surface area contributed by atoms with Crippen LogP contribution in [0.3, 0.4) is 0 Å². The number of hydrogen-bond donors (Lipinski definition) is 1. The second-order valence-electron chi connectivity index (χ2n) is 9.52. The number of hydrogen-bond acceptors (Lipinski definition) is 5. The summed E-state index contributed by atoms with van der Waals surface area (Å²) in [6.45, 7) is 7.40. The van der Waals surface area contributed by atoms with Crippen molar-refractivity contribution >= 4 is 33.4 Å². The van der Waals surface area contributed by atoms with Gasteiger partial charge in [0.25, 0.3) is 5.91 Å². The molecule has 1 N–H and O–H groups in total. The van der Waals surface area contributed by atoms with Crippen LogP contribution in [0.4, 0.5) is 5.69 Å². The molecule has 6 nitrogen and oxygen atoms in total. The minimum atomic E-state index is -3.50. The van der Waals surface area contributed by atoms with Crippen molar-refractivity contribution in [1.29, 1.82) is 0 Å². The third-order valence-electron chi connectivity index (χ3n) is 5.67. The highest BCUT2D eigenvalue weighted by atomic mass is 32.2. The van der Waals surface area contributed by atoms with Crippen LogP contribution in [0.25, 0.3) is 0 Å². The van der Waals surface area contributed by atoms with Gasteiger partial charge in [-0.2, -0.15) is 0 Å². The molecule has 3 aromatic carbocycles. The van der Waals surface area contributed by atoms with Gasteiger partial charge < -0.3 is 10.1 Å². The number of benzene rings is 3. The molecule has 0 aromatic heterocycles. The van der Waals surface area contributed by atoms with Crippen LogP contribution in [0, 0.1) is 0 Å². The zero-order valence-corrected chi connectivity index (χ0v) is 23.1. The van der Waals surface area contributed by atoms with E-state index in [1.165, 1.54) is 27.9 Å². The molecule has 0 fully saturated rings. The lowest BCUT2D eigenvalue weighted by molar-refractivity contribution is 0.0947. The Hall–Kier alpha value is -2.97. The average Bonchev–Trinajstić information content (AvgIpc) is 2.84. The monoisotopic (exact) mass is 526 g/mol. The van der Waals surface area contributed by atoms with E-state index in [-0.39, 0.29) is 17.9 Å². The summed E-state index contributed by atoms with van der Waals surface area (Å²) in [5.74, 6) is 0.556. The highest BCUT2D eigenvalue weighted by molar-refractivity contribution is 7.99. The van der Waals surface area contributed by atoms with Gasteiger partial charge in [0.2, 0.25) is 10.0 Å². The summed E-state index contributed by atoms with van der Waals surface area (Å²) in [5.41, 5.74) is 3.25. The number of carbonyl (C=O) groups is 1. The van der Waals surface area contributed by atoms with Gasteiger partial charge >= 0.3 is 0 Å². The van der Waals surface area contributed by atoms with E-state index in [4.69, 9.17) is 4.74 Å². The van der Waals surface area contributed by atoms with Gasteiger partial charge in [0, 0.05) is 10.5 Å². The van der Waals surface area contributed by atoms with Gasteiger partial charge in [0.1, 0.15) is 12.4 Å². The quantitative estimate of drug-likeness (QED) is 0.280. The molecule has 0 saturated carbocycles. The molecule has 0 bridgehead atoms. The lowest BCUT2D eigenvalue weighted by atomic mass is 9.87. The van der Waals surface area contributed by atoms with Crippen LogP contribution < -0.4 is 14.4 Å². The number of thioether (sulfide) groups is 1. The summed E-state index contributed by atoms with van der Waals surface area (Å²) >= 11 is 1.50. The number of nitrogens with one attached hydrogen (secondary N) is 1. The summed E-state index contributed by atoms with van der Waals surface area (Å²) in [6, 6.07) is 22.4. The fourth-order valence-corrected chi connectivity index (χ4v) is 5.19. The van der Waals surface area contributed by atoms with Gasteiger partial charge in [0.05, 0.1) is 25.0 Å². The number of anilines is 1. The standard InChI is InChI=1S/C28H34N2O4S2/c1-28(2,3)23-14-16-24(17-15-23)34-19-18-29-27(31)22-12-10-21(11-13-22)20-30(36(5,32)33)25-8-6-7-9-26(25)35-4/h6-17H,18-20H2,1-5H3,(H,29,31). The maximum atomic E-state index is 12.5. The van der Waals surface area contributed by atoms with Gasteiger partial charge in [-0.3, -0.25) is 9.10 Å². The zero-order chi connectivity index (χ0) is 26.3. The van der Waals surface area contributed by atoms with Gasteiger partial charge in [-0.15, -0.1) is 11.8 Å². The summed E-state index contributed by atoms with van der Waals surface area (Å²) in [6.07, 6.45) is 3.12. The lowest BCUT2D eigenvalue weighted by Crippen LogP contribution is -2.30. The van der Waals surface area contributed by atoms with Crippen LogP contribution in [0.5, 0.6) is 5.75 Å². The molecule has 0 atom stereocenters. The Kier molecular flexibility index (Phi) is 9.08. The summed E-state index contributed by atoms with van der Waals surface area (Å²) in [7, 11) is -3.50. The Labute approximate surface area is 219 Å². The molecule has 36 heavy (non-hydrogen) atoms. The Morgan fingerprint density at radius 2 is 1.61 bits per heavy atom. The first kappa shape index (κ1) is 27.6. The molecule has 0 aliphatic heterocycles. The topological polar surface area (TPSA) is 75.7 Å². The molecule has 0 spiro atoms. The molecule has 0 saturated heterocycles. The first-order valence-electron chi connectivity index (χ1n) is 11.7. The van der Waals surface area contributed by atoms with Crippen molar-refractivity contribution < 1.29 is 17.9 Å². The molecule has 0 heterocycles. The number of rotatable bonds is 10. The Balaban J connectivity index is 1.56. The Morgan fingerprint density at radius 3 is 2.19 bits per heavy atom. The van der Waals surface area contributed by atoms with Crippen molar-refractivity contribution in [2.75, 3.05) is 30.0 Å². The minimum absolute atomic E-state index is 0.0875. The SMILES string of the molecule is CSc1ccccc1N(Cc1ccc(C(=O)NCCOc2ccc(C(C)(C)C)cc2)cc1)S(C)(=O)=O. The molecule has 0 aliphatic carbocycles. The number of sulfonamides is 1. The number of ether oxygens (including phenoxy) is 1. The number of para-hydroxylation sites is 1. The highest BCUT2D eigenvalue weighted by Crippen LogP contribution is 2.31. The van der Waals surface area contributed by atoms with Gasteiger partial charge in [-0.05, 0) is 59.2 Å². The molecular weight excluding hydrogens is 492 g/mol. The van der Waals surface area contributed by atoms with E-state index in [0.717, 1.165) is 16.2 Å². The summed E-state index contributed by atoms with van der Waals surface area (Å²) in [4.78, 5) is 13.4. The van der Waals surface area contributed by atoms with E-state index in [1.807, 2.05) is 36.6 Å². The van der Waals surface area contributed by atoms with Crippen molar-refractivity contribution in [2.45, 2.75) is 37.6 Å². The van der Waals surface area contributed by atoms with Crippen molar-refractivity contribution in [3.8, 4) is 5.75 Å². The lowest BCUT2D eigenvalue weighted by Gasteiger charge is -2.24. The van der Waals surface area contributed by atoms with Crippen molar-refractivity contribution in [1.82, 2.24) is 5.32 Å². The largest absolute Gasteiger partial charge is 0.492 e. The molecule has 3 rings (SSSR count). The van der Waals surface area contributed by atoms with Gasteiger partial charge in [0.15, 0.2) is 0 Å². The first-order chi connectivity index (χ1) is 17.0. The second-order valence-corrected chi connectivity index (χ2v) is 12.3. The van der Waals surface area contributed by atoms with Crippen LogP contribution in [-0.4, -0.2) is 40.0 Å². The summed E-state index contributed by atoms with van der Waals surface area (Å²) < 4.78 is 32.2. The first-order valence-corrected chi connectivity index (χ1v) is 14.8. The molecule has 0 unspecified atom stereocenters. The van der Waals surface area contributed by atoms with Crippen LogP contribution in [0.15, 0.2) is 77.7 Å². The van der Waals surface area contributed by atoms with Gasteiger partial charge in [-0.25, -0.2) is 8.42 Å². The summed E-state index contributed by atoms with van der Waals surface area (Å²) in [5, 5.41) is 2.86. The van der Waals surface area contributed by atoms with E-state index >= 15 is 0 Å². The molecule has 8 heteroatoms. The van der Waals surface area contributed by atoms with E-state index in [2.05, 4.69) is 38.2 Å². The van der Waals surface area contributed by atoms with E-state index in [9.17, 15) is 13.2 Å². The van der Waals surface area contributed by atoms with Crippen molar-refractivity contribution in [2.24, 2.45) is 0 Å². The highest BCUT2D eigenvalue weighted by Gasteiger charge is 2.20. The molecule has 0 aliphatic rings. The fraction of sp³-hybridized carbons (Fsp3) is 0.321. The number of amides is 1. The van der Waals surface area contributed by atoms with Crippen molar-refractivity contribution in [3.05, 3.63) is 89.5 Å². The Morgan fingerprint density at radius 1 is 0.972 bits per heavy atom. The second kappa shape index (κ2) is 11.8. The van der Waals surface area contributed by atoms with Gasteiger partial charge in [-0.1, -0.05) is 57.2 Å². The zero-order valence-electron chi connectivity index (χ0n) is 21.4. The average molecular weight is 527 g/mol. The smallest absolute Gasteiger partial charge is 0.251 e. The molecule has 0 radical (unpaired) electrons. The van der Waals surface area contributed by atoms with Crippen LogP contribution >= 0.6 is 11.8 Å². The van der Waals surface area contributed by atoms with Crippen LogP contribution in [0.1, 0.15) is 42.3 Å².